The molecule has 5 aliphatic rings. The molecule has 0 saturated carbocycles. The van der Waals surface area contributed by atoms with Crippen molar-refractivity contribution < 1.29 is 19.5 Å². The number of hydrogen-bond acceptors (Lipinski definition) is 7. The molecule has 0 bridgehead atoms. The number of hydrogen-bond donors (Lipinski definition) is 2. The van der Waals surface area contributed by atoms with E-state index in [0.717, 1.165) is 69.9 Å². The Morgan fingerprint density at radius 2 is 1.50 bits per heavy atom. The van der Waals surface area contributed by atoms with Crippen molar-refractivity contribution in [2.24, 2.45) is 11.3 Å². The molecule has 1 aliphatic carbocycles. The molecule has 0 radical (unpaired) electrons. The SMILES string of the molecule is CC1(C)CCc2cc(O)ccc2[C@@H]1c1ccc(N2CCC(CN3CCN(c4ccc5c(c4)CN([C@H]4CCC(=O)NC4=O)C5=O)CC3)CC2)cc1. The van der Waals surface area contributed by atoms with Gasteiger partial charge in [-0.05, 0) is 108 Å². The van der Waals surface area contributed by atoms with Crippen LogP contribution in [-0.2, 0) is 22.6 Å². The van der Waals surface area contributed by atoms with E-state index in [1.165, 1.54) is 35.2 Å². The molecule has 0 unspecified atom stereocenters. The van der Waals surface area contributed by atoms with Gasteiger partial charge in [0.15, 0.2) is 0 Å². The van der Waals surface area contributed by atoms with Crippen LogP contribution in [-0.4, -0.2) is 84.5 Å². The van der Waals surface area contributed by atoms with E-state index >= 15 is 0 Å². The van der Waals surface area contributed by atoms with E-state index in [1.807, 2.05) is 24.3 Å². The van der Waals surface area contributed by atoms with Crippen LogP contribution in [0.5, 0.6) is 5.75 Å². The van der Waals surface area contributed by atoms with Crippen molar-refractivity contribution in [2.45, 2.75) is 70.9 Å². The highest BCUT2D eigenvalue weighted by Crippen LogP contribution is 2.49. The van der Waals surface area contributed by atoms with Gasteiger partial charge >= 0.3 is 0 Å². The van der Waals surface area contributed by atoms with Gasteiger partial charge in [0.25, 0.3) is 5.91 Å². The summed E-state index contributed by atoms with van der Waals surface area (Å²) >= 11 is 0. The Kier molecular flexibility index (Phi) is 8.58. The second kappa shape index (κ2) is 13.1. The van der Waals surface area contributed by atoms with Crippen LogP contribution in [0.2, 0.25) is 0 Å². The fraction of sp³-hybridized carbons (Fsp3) is 0.488. The average molecular weight is 676 g/mol. The van der Waals surface area contributed by atoms with Gasteiger partial charge in [-0.15, -0.1) is 0 Å². The molecule has 8 rings (SSSR count). The number of fused-ring (bicyclic) bond motifs is 2. The minimum Gasteiger partial charge on any atom is -0.508 e. The second-order valence-corrected chi connectivity index (χ2v) is 15.9. The standard InChI is InChI=1S/C41H49N5O4/c1-41(2)16-13-29-24-33(47)8-10-34(29)38(41)28-3-5-31(6-4-28)44-17-14-27(15-18-44)25-43-19-21-45(22-20-43)32-7-9-35-30(23-32)26-46(40(35)50)36-11-12-37(48)42-39(36)49/h3-10,23-24,27,36,38,47H,11-22,25-26H2,1-2H3,(H,42,48,49)/t36-,38-/m0/s1. The van der Waals surface area contributed by atoms with Crippen LogP contribution in [0.1, 0.15) is 84.5 Å². The van der Waals surface area contributed by atoms with E-state index in [1.54, 1.807) is 4.90 Å². The van der Waals surface area contributed by atoms with Crippen LogP contribution in [0.4, 0.5) is 11.4 Å². The zero-order valence-electron chi connectivity index (χ0n) is 29.4. The van der Waals surface area contributed by atoms with Crippen molar-refractivity contribution >= 4 is 29.1 Å². The summed E-state index contributed by atoms with van der Waals surface area (Å²) in [6, 6.07) is 20.7. The Morgan fingerprint density at radius 1 is 0.780 bits per heavy atom. The highest BCUT2D eigenvalue weighted by atomic mass is 16.3. The number of carbonyl (C=O) groups is 3. The quantitative estimate of drug-likeness (QED) is 0.343. The predicted molar refractivity (Wildman–Crippen MR) is 195 cm³/mol. The highest BCUT2D eigenvalue weighted by molar-refractivity contribution is 6.05. The third-order valence-electron chi connectivity index (χ3n) is 12.2. The first-order valence-corrected chi connectivity index (χ1v) is 18.5. The number of amides is 3. The lowest BCUT2D eigenvalue weighted by molar-refractivity contribution is -0.136. The average Bonchev–Trinajstić information content (AvgIpc) is 3.44. The number of phenolic OH excluding ortho intramolecular Hbond substituents is 1. The largest absolute Gasteiger partial charge is 0.508 e. The first-order valence-electron chi connectivity index (χ1n) is 18.5. The van der Waals surface area contributed by atoms with Gasteiger partial charge in [-0.2, -0.15) is 0 Å². The van der Waals surface area contributed by atoms with Crippen LogP contribution < -0.4 is 15.1 Å². The third-order valence-corrected chi connectivity index (χ3v) is 12.2. The molecule has 2 N–H and O–H groups in total. The first kappa shape index (κ1) is 32.8. The molecule has 50 heavy (non-hydrogen) atoms. The number of anilines is 2. The Bertz CT molecular complexity index is 1790. The van der Waals surface area contributed by atoms with E-state index in [0.29, 0.717) is 36.1 Å². The van der Waals surface area contributed by atoms with Crippen molar-refractivity contribution in [3.8, 4) is 5.75 Å². The maximum atomic E-state index is 13.1. The van der Waals surface area contributed by atoms with E-state index in [4.69, 9.17) is 0 Å². The summed E-state index contributed by atoms with van der Waals surface area (Å²) in [7, 11) is 0. The maximum absolute atomic E-state index is 13.1. The molecule has 3 aromatic carbocycles. The summed E-state index contributed by atoms with van der Waals surface area (Å²) in [5.41, 5.74) is 8.25. The lowest BCUT2D eigenvalue weighted by Crippen LogP contribution is -2.52. The smallest absolute Gasteiger partial charge is 0.255 e. The molecule has 262 valence electrons. The first-order chi connectivity index (χ1) is 24.1. The van der Waals surface area contributed by atoms with E-state index in [2.05, 4.69) is 70.3 Å². The monoisotopic (exact) mass is 675 g/mol. The highest BCUT2D eigenvalue weighted by Gasteiger charge is 2.40. The lowest BCUT2D eigenvalue weighted by Gasteiger charge is -2.41. The van der Waals surface area contributed by atoms with Gasteiger partial charge in [-0.25, -0.2) is 0 Å². The topological polar surface area (TPSA) is 96.4 Å². The summed E-state index contributed by atoms with van der Waals surface area (Å²) < 4.78 is 0. The van der Waals surface area contributed by atoms with E-state index < -0.39 is 6.04 Å². The minimum atomic E-state index is -0.581. The molecule has 9 nitrogen and oxygen atoms in total. The zero-order chi connectivity index (χ0) is 34.6. The number of aromatic hydroxyl groups is 1. The molecular formula is C41H49N5O4. The molecular weight excluding hydrogens is 626 g/mol. The molecule has 0 spiro atoms. The van der Waals surface area contributed by atoms with Crippen LogP contribution in [0.15, 0.2) is 60.7 Å². The molecule has 0 aromatic heterocycles. The normalized spacial score (nSPS) is 24.3. The van der Waals surface area contributed by atoms with Crippen molar-refractivity contribution in [2.75, 3.05) is 55.6 Å². The third kappa shape index (κ3) is 6.25. The number of carbonyl (C=O) groups excluding carboxylic acids is 3. The predicted octanol–water partition coefficient (Wildman–Crippen LogP) is 5.30. The molecule has 2 atom stereocenters. The molecule has 4 aliphatic heterocycles. The zero-order valence-corrected chi connectivity index (χ0v) is 29.4. The maximum Gasteiger partial charge on any atom is 0.255 e. The Hall–Kier alpha value is -4.37. The molecule has 9 heteroatoms. The van der Waals surface area contributed by atoms with Crippen LogP contribution >= 0.6 is 0 Å². The second-order valence-electron chi connectivity index (χ2n) is 15.9. The number of aryl methyl sites for hydroxylation is 1. The number of nitrogens with zero attached hydrogens (tertiary/aromatic N) is 4. The van der Waals surface area contributed by atoms with Crippen molar-refractivity contribution in [3.05, 3.63) is 88.5 Å². The Morgan fingerprint density at radius 3 is 2.24 bits per heavy atom. The van der Waals surface area contributed by atoms with Gasteiger partial charge in [-0.3, -0.25) is 24.6 Å². The minimum absolute atomic E-state index is 0.119. The Balaban J connectivity index is 0.823. The van der Waals surface area contributed by atoms with Gasteiger partial charge in [0.05, 0.1) is 0 Å². The fourth-order valence-corrected chi connectivity index (χ4v) is 9.31. The number of piperazine rings is 1. The number of benzene rings is 3. The molecule has 3 fully saturated rings. The molecule has 3 aromatic rings. The summed E-state index contributed by atoms with van der Waals surface area (Å²) in [6.45, 7) is 12.5. The van der Waals surface area contributed by atoms with Crippen LogP contribution in [0.3, 0.4) is 0 Å². The van der Waals surface area contributed by atoms with Crippen LogP contribution in [0.25, 0.3) is 0 Å². The van der Waals surface area contributed by atoms with Crippen molar-refractivity contribution in [3.63, 3.8) is 0 Å². The van der Waals surface area contributed by atoms with Gasteiger partial charge in [-0.1, -0.05) is 32.0 Å². The van der Waals surface area contributed by atoms with E-state index in [-0.39, 0.29) is 29.6 Å². The molecule has 3 amide bonds. The van der Waals surface area contributed by atoms with Gasteiger partial charge in [0, 0.05) is 81.6 Å². The summed E-state index contributed by atoms with van der Waals surface area (Å²) in [5, 5.41) is 12.5. The van der Waals surface area contributed by atoms with Gasteiger partial charge in [0.1, 0.15) is 11.8 Å². The number of rotatable bonds is 6. The van der Waals surface area contributed by atoms with Gasteiger partial charge in [0.2, 0.25) is 11.8 Å². The van der Waals surface area contributed by atoms with E-state index in [9.17, 15) is 19.5 Å². The summed E-state index contributed by atoms with van der Waals surface area (Å²) in [4.78, 5) is 46.4. The summed E-state index contributed by atoms with van der Waals surface area (Å²) in [5.74, 6) is 0.643. The number of nitrogens with one attached hydrogen (secondary N) is 1. The van der Waals surface area contributed by atoms with Gasteiger partial charge < -0.3 is 19.8 Å². The Labute approximate surface area is 295 Å². The number of phenols is 1. The lowest BCUT2D eigenvalue weighted by atomic mass is 9.63. The fourth-order valence-electron chi connectivity index (χ4n) is 9.31. The number of imide groups is 1. The summed E-state index contributed by atoms with van der Waals surface area (Å²) in [6.07, 6.45) is 5.19. The van der Waals surface area contributed by atoms with Crippen LogP contribution in [0, 0.1) is 11.3 Å². The molecule has 4 heterocycles. The van der Waals surface area contributed by atoms with Crippen molar-refractivity contribution in [1.29, 1.82) is 0 Å². The molecule has 3 saturated heterocycles. The number of piperidine rings is 2. The van der Waals surface area contributed by atoms with Crippen molar-refractivity contribution in [1.82, 2.24) is 15.1 Å².